The largest absolute Gasteiger partial charge is 0.462 e. The van der Waals surface area contributed by atoms with E-state index in [4.69, 9.17) is 9.73 Å². The Morgan fingerprint density at radius 3 is 2.31 bits per heavy atom. The molecule has 0 spiro atoms. The highest BCUT2D eigenvalue weighted by Gasteiger charge is 2.36. The van der Waals surface area contributed by atoms with Crippen LogP contribution >= 0.6 is 0 Å². The van der Waals surface area contributed by atoms with Crippen LogP contribution in [0.1, 0.15) is 53.7 Å². The molecule has 0 aliphatic carbocycles. The van der Waals surface area contributed by atoms with E-state index < -0.39 is 11.9 Å². The van der Waals surface area contributed by atoms with Crippen molar-refractivity contribution in [1.29, 1.82) is 0 Å². The summed E-state index contributed by atoms with van der Waals surface area (Å²) in [7, 11) is 0. The van der Waals surface area contributed by atoms with Gasteiger partial charge in [0.25, 0.3) is 0 Å². The molecule has 0 bridgehead atoms. The second-order valence-corrected chi connectivity index (χ2v) is 8.44. The zero-order valence-electron chi connectivity index (χ0n) is 20.5. The second kappa shape index (κ2) is 11.1. The fourth-order valence-electron chi connectivity index (χ4n) is 4.30. The van der Waals surface area contributed by atoms with Crippen LogP contribution in [0.15, 0.2) is 77.8 Å². The van der Waals surface area contributed by atoms with Crippen molar-refractivity contribution in [1.82, 2.24) is 4.90 Å². The number of carbonyl (C=O) groups is 2. The van der Waals surface area contributed by atoms with Crippen molar-refractivity contribution in [3.63, 3.8) is 0 Å². The lowest BCUT2D eigenvalue weighted by atomic mass is 9.90. The average Bonchev–Trinajstić information content (AvgIpc) is 3.22. The van der Waals surface area contributed by atoms with Crippen LogP contribution in [-0.4, -0.2) is 42.2 Å². The minimum atomic E-state index is -0.584. The molecule has 4 rings (SSSR count). The topological polar surface area (TPSA) is 71.0 Å². The van der Waals surface area contributed by atoms with Gasteiger partial charge < -0.3 is 10.1 Å². The number of anilines is 1. The van der Waals surface area contributed by atoms with Gasteiger partial charge in [0.1, 0.15) is 5.92 Å². The minimum Gasteiger partial charge on any atom is -0.462 e. The summed E-state index contributed by atoms with van der Waals surface area (Å²) in [5, 5.41) is 2.93. The molecule has 6 nitrogen and oxygen atoms in total. The molecule has 1 N–H and O–H groups in total. The molecular weight excluding hydrogens is 438 g/mol. The fraction of sp³-hybridized carbons (Fsp3) is 0.276. The number of hydrogen-bond acceptors (Lipinski definition) is 5. The molecule has 0 radical (unpaired) electrons. The third-order valence-corrected chi connectivity index (χ3v) is 6.22. The van der Waals surface area contributed by atoms with Gasteiger partial charge in [-0.3, -0.25) is 14.7 Å². The van der Waals surface area contributed by atoms with E-state index in [9.17, 15) is 9.59 Å². The van der Waals surface area contributed by atoms with Crippen molar-refractivity contribution in [3.8, 4) is 0 Å². The van der Waals surface area contributed by atoms with Gasteiger partial charge in [-0.15, -0.1) is 0 Å². The molecule has 0 aromatic heterocycles. The molecule has 1 atom stereocenters. The van der Waals surface area contributed by atoms with Crippen LogP contribution < -0.4 is 5.32 Å². The Hall–Kier alpha value is -3.77. The number of fused-ring (bicyclic) bond motifs is 1. The standard InChI is InChI=1S/C29H31N3O3/c1-4-32(5-2)19-20-12-15-23(16-13-20)30-27(21-10-8-7-9-11-21)26-24-17-14-22(29(34)35-6-3)18-25(24)31-28(26)33/h7-18,26H,4-6,19H2,1-3H3,(H,31,33). The highest BCUT2D eigenvalue weighted by Crippen LogP contribution is 2.37. The Morgan fingerprint density at radius 1 is 0.943 bits per heavy atom. The van der Waals surface area contributed by atoms with Crippen LogP contribution in [0.5, 0.6) is 0 Å². The van der Waals surface area contributed by atoms with E-state index >= 15 is 0 Å². The summed E-state index contributed by atoms with van der Waals surface area (Å²) >= 11 is 0. The number of amides is 1. The quantitative estimate of drug-likeness (QED) is 0.329. The SMILES string of the molecule is CCOC(=O)c1ccc2c(c1)NC(=O)C2C(=Nc1ccc(CN(CC)CC)cc1)c1ccccc1. The molecule has 3 aromatic carbocycles. The van der Waals surface area contributed by atoms with Crippen molar-refractivity contribution in [2.75, 3.05) is 25.0 Å². The molecule has 6 heteroatoms. The number of nitrogens with one attached hydrogen (secondary N) is 1. The van der Waals surface area contributed by atoms with E-state index in [0.717, 1.165) is 36.4 Å². The van der Waals surface area contributed by atoms with Gasteiger partial charge in [-0.05, 0) is 61.0 Å². The number of aliphatic imine (C=N–C) groups is 1. The lowest BCUT2D eigenvalue weighted by Gasteiger charge is -2.18. The Balaban J connectivity index is 1.70. The predicted octanol–water partition coefficient (Wildman–Crippen LogP) is 5.56. The Kier molecular flexibility index (Phi) is 7.73. The lowest BCUT2D eigenvalue weighted by Crippen LogP contribution is -2.22. The third-order valence-electron chi connectivity index (χ3n) is 6.22. The van der Waals surface area contributed by atoms with E-state index in [2.05, 4.69) is 36.2 Å². The van der Waals surface area contributed by atoms with Crippen LogP contribution in [-0.2, 0) is 16.1 Å². The number of esters is 1. The Labute approximate surface area is 206 Å². The van der Waals surface area contributed by atoms with E-state index in [0.29, 0.717) is 23.6 Å². The van der Waals surface area contributed by atoms with Crippen LogP contribution in [0.2, 0.25) is 0 Å². The molecule has 180 valence electrons. The summed E-state index contributed by atoms with van der Waals surface area (Å²) in [5.74, 6) is -1.16. The summed E-state index contributed by atoms with van der Waals surface area (Å²) in [6.45, 7) is 9.28. The normalized spacial score (nSPS) is 15.1. The van der Waals surface area contributed by atoms with Gasteiger partial charge in [-0.2, -0.15) is 0 Å². The summed E-state index contributed by atoms with van der Waals surface area (Å²) in [5.41, 5.74) is 5.38. The first-order valence-corrected chi connectivity index (χ1v) is 12.1. The minimum absolute atomic E-state index is 0.165. The van der Waals surface area contributed by atoms with E-state index in [1.807, 2.05) is 48.5 Å². The van der Waals surface area contributed by atoms with Gasteiger partial charge in [0.05, 0.1) is 23.6 Å². The maximum absolute atomic E-state index is 13.2. The summed E-state index contributed by atoms with van der Waals surface area (Å²) in [4.78, 5) is 32.7. The van der Waals surface area contributed by atoms with Gasteiger partial charge in [-0.25, -0.2) is 4.79 Å². The lowest BCUT2D eigenvalue weighted by molar-refractivity contribution is -0.115. The Morgan fingerprint density at radius 2 is 1.66 bits per heavy atom. The highest BCUT2D eigenvalue weighted by atomic mass is 16.5. The molecule has 0 saturated heterocycles. The van der Waals surface area contributed by atoms with Crippen molar-refractivity contribution in [3.05, 3.63) is 95.1 Å². The van der Waals surface area contributed by atoms with Gasteiger partial charge >= 0.3 is 5.97 Å². The number of nitrogens with zero attached hydrogens (tertiary/aromatic N) is 2. The van der Waals surface area contributed by atoms with E-state index in [1.54, 1.807) is 19.1 Å². The zero-order valence-corrected chi connectivity index (χ0v) is 20.5. The number of benzene rings is 3. The van der Waals surface area contributed by atoms with Gasteiger partial charge in [-0.1, -0.05) is 62.4 Å². The summed E-state index contributed by atoms with van der Waals surface area (Å²) < 4.78 is 5.11. The maximum atomic E-state index is 13.2. The van der Waals surface area contributed by atoms with Gasteiger partial charge in [0.2, 0.25) is 5.91 Å². The highest BCUT2D eigenvalue weighted by molar-refractivity contribution is 6.24. The van der Waals surface area contributed by atoms with E-state index in [1.165, 1.54) is 5.56 Å². The van der Waals surface area contributed by atoms with Crippen LogP contribution in [0.25, 0.3) is 0 Å². The second-order valence-electron chi connectivity index (χ2n) is 8.44. The van der Waals surface area contributed by atoms with Gasteiger partial charge in [0.15, 0.2) is 0 Å². The molecule has 0 fully saturated rings. The third kappa shape index (κ3) is 5.49. The summed E-state index contributed by atoms with van der Waals surface area (Å²) in [6.07, 6.45) is 0. The zero-order chi connectivity index (χ0) is 24.8. The fourth-order valence-corrected chi connectivity index (χ4v) is 4.30. The number of carbonyl (C=O) groups excluding carboxylic acids is 2. The summed E-state index contributed by atoms with van der Waals surface area (Å²) in [6, 6.07) is 23.1. The molecular formula is C29H31N3O3. The smallest absolute Gasteiger partial charge is 0.338 e. The van der Waals surface area contributed by atoms with Crippen molar-refractivity contribution < 1.29 is 14.3 Å². The first-order valence-electron chi connectivity index (χ1n) is 12.1. The number of rotatable bonds is 9. The van der Waals surface area contributed by atoms with Gasteiger partial charge in [0, 0.05) is 12.2 Å². The average molecular weight is 470 g/mol. The number of ether oxygens (including phenoxy) is 1. The first-order chi connectivity index (χ1) is 17.0. The van der Waals surface area contributed by atoms with Crippen LogP contribution in [0, 0.1) is 0 Å². The molecule has 1 amide bonds. The predicted molar refractivity (Wildman–Crippen MR) is 139 cm³/mol. The molecule has 1 heterocycles. The maximum Gasteiger partial charge on any atom is 0.338 e. The molecule has 35 heavy (non-hydrogen) atoms. The van der Waals surface area contributed by atoms with Crippen LogP contribution in [0.4, 0.5) is 11.4 Å². The monoisotopic (exact) mass is 469 g/mol. The first kappa shape index (κ1) is 24.4. The molecule has 1 unspecified atom stereocenters. The molecule has 1 aliphatic heterocycles. The van der Waals surface area contributed by atoms with Crippen LogP contribution in [0.3, 0.4) is 0 Å². The molecule has 3 aromatic rings. The molecule has 0 saturated carbocycles. The Bertz CT molecular complexity index is 1220. The van der Waals surface area contributed by atoms with E-state index in [-0.39, 0.29) is 5.91 Å². The molecule has 1 aliphatic rings. The van der Waals surface area contributed by atoms with Crippen molar-refractivity contribution in [2.45, 2.75) is 33.2 Å². The van der Waals surface area contributed by atoms with Crippen molar-refractivity contribution in [2.24, 2.45) is 4.99 Å². The number of hydrogen-bond donors (Lipinski definition) is 1. The van der Waals surface area contributed by atoms with Crippen molar-refractivity contribution >= 4 is 29.0 Å².